The first kappa shape index (κ1) is 38.1. The monoisotopic (exact) mass is 567 g/mol. The van der Waals surface area contributed by atoms with E-state index >= 15 is 0 Å². The molecule has 3 atom stereocenters. The molecule has 7 nitrogen and oxygen atoms in total. The van der Waals surface area contributed by atoms with Gasteiger partial charge in [0.1, 0.15) is 11.8 Å². The number of carbonyl (C=O) groups is 3. The number of hydrogen-bond acceptors (Lipinski definition) is 4. The second-order valence-corrected chi connectivity index (χ2v) is 11.9. The van der Waals surface area contributed by atoms with Crippen LogP contribution in [0.2, 0.25) is 0 Å². The zero-order chi connectivity index (χ0) is 30.2. The normalized spacial score (nSPS) is 15.5. The maximum atomic E-state index is 11.9. The average Bonchev–Trinajstić information content (AvgIpc) is 2.92. The van der Waals surface area contributed by atoms with E-state index in [0.29, 0.717) is 25.8 Å². The largest absolute Gasteiger partial charge is 0.550 e. The molecule has 0 aromatic rings. The van der Waals surface area contributed by atoms with Crippen LogP contribution in [-0.4, -0.2) is 58.8 Å². The van der Waals surface area contributed by atoms with E-state index in [9.17, 15) is 29.7 Å². The molecule has 0 aliphatic rings. The average molecular weight is 568 g/mol. The van der Waals surface area contributed by atoms with Gasteiger partial charge in [-0.15, -0.1) is 0 Å². The molecule has 0 bridgehead atoms. The molecule has 0 aromatic carbocycles. The minimum Gasteiger partial charge on any atom is -0.550 e. The predicted molar refractivity (Wildman–Crippen MR) is 161 cm³/mol. The van der Waals surface area contributed by atoms with Crippen LogP contribution < -0.4 is 5.11 Å². The summed E-state index contributed by atoms with van der Waals surface area (Å²) in [5, 5.41) is 31.4. The lowest BCUT2D eigenvalue weighted by Crippen LogP contribution is -2.59. The van der Waals surface area contributed by atoms with Crippen LogP contribution in [0, 0.1) is 17.8 Å². The highest BCUT2D eigenvalue weighted by Crippen LogP contribution is 2.25. The summed E-state index contributed by atoms with van der Waals surface area (Å²) in [4.78, 5) is 35.7. The Hall–Kier alpha value is -1.89. The molecular weight excluding hydrogens is 506 g/mol. The Morgan fingerprint density at radius 2 is 0.975 bits per heavy atom. The molecule has 7 heteroatoms. The number of nitrogens with zero attached hydrogens (tertiary/aromatic N) is 1. The number of carboxylic acids is 3. The van der Waals surface area contributed by atoms with E-state index in [1.165, 1.54) is 70.6 Å². The van der Waals surface area contributed by atoms with Crippen molar-refractivity contribution in [1.29, 1.82) is 0 Å². The van der Waals surface area contributed by atoms with Crippen LogP contribution in [0.25, 0.3) is 0 Å². The van der Waals surface area contributed by atoms with Crippen LogP contribution in [0.4, 0.5) is 0 Å². The van der Waals surface area contributed by atoms with Crippen LogP contribution in [0.5, 0.6) is 0 Å². The highest BCUT2D eigenvalue weighted by atomic mass is 16.4. The maximum absolute atomic E-state index is 11.9. The third-order valence-corrected chi connectivity index (χ3v) is 8.48. The van der Waals surface area contributed by atoms with Gasteiger partial charge in [0.2, 0.25) is 0 Å². The summed E-state index contributed by atoms with van der Waals surface area (Å²) in [6, 6.07) is 0. The van der Waals surface area contributed by atoms with Gasteiger partial charge in [-0.3, -0.25) is 9.59 Å². The number of hydrogen-bond donors (Lipinski definition) is 2. The zero-order valence-corrected chi connectivity index (χ0v) is 26.2. The molecule has 0 aliphatic carbocycles. The van der Waals surface area contributed by atoms with Gasteiger partial charge < -0.3 is 24.6 Å². The van der Waals surface area contributed by atoms with Crippen LogP contribution in [0.1, 0.15) is 137 Å². The lowest BCUT2D eigenvalue weighted by atomic mass is 9.95. The van der Waals surface area contributed by atoms with Gasteiger partial charge in [0.25, 0.3) is 0 Å². The highest BCUT2D eigenvalue weighted by molar-refractivity contribution is 5.70. The fraction of sp³-hybridized carbons (Fsp3) is 0.848. The SMILES string of the molecule is CCCCCCCCCCCCC/C=C/CCC[N+](CC(CC)C(=O)[O-])(CC(CC)C(=O)O)CC(CC)C(=O)O. The Morgan fingerprint density at radius 1 is 0.600 bits per heavy atom. The van der Waals surface area contributed by atoms with Crippen LogP contribution in [-0.2, 0) is 14.4 Å². The summed E-state index contributed by atoms with van der Waals surface area (Å²) in [7, 11) is 0. The summed E-state index contributed by atoms with van der Waals surface area (Å²) in [5.41, 5.74) is 0. The van der Waals surface area contributed by atoms with Crippen molar-refractivity contribution in [3.63, 3.8) is 0 Å². The van der Waals surface area contributed by atoms with E-state index in [4.69, 9.17) is 0 Å². The number of carbonyl (C=O) groups excluding carboxylic acids is 1. The first-order valence-corrected chi connectivity index (χ1v) is 16.3. The first-order valence-electron chi connectivity index (χ1n) is 16.3. The molecule has 0 saturated heterocycles. The van der Waals surface area contributed by atoms with Crippen molar-refractivity contribution in [2.24, 2.45) is 17.8 Å². The second kappa shape index (κ2) is 23.8. The molecule has 0 spiro atoms. The zero-order valence-electron chi connectivity index (χ0n) is 26.2. The molecule has 0 aromatic heterocycles. The van der Waals surface area contributed by atoms with Crippen molar-refractivity contribution in [2.45, 2.75) is 137 Å². The molecule has 0 rings (SSSR count). The molecule has 0 amide bonds. The molecule has 0 fully saturated rings. The predicted octanol–water partition coefficient (Wildman–Crippen LogP) is 6.84. The van der Waals surface area contributed by atoms with E-state index in [-0.39, 0.29) is 24.1 Å². The fourth-order valence-corrected chi connectivity index (χ4v) is 5.74. The summed E-state index contributed by atoms with van der Waals surface area (Å²) < 4.78 is 0.189. The number of aliphatic carboxylic acids is 3. The van der Waals surface area contributed by atoms with Gasteiger partial charge in [0.05, 0.1) is 32.1 Å². The number of unbranched alkanes of at least 4 members (excludes halogenated alkanes) is 12. The van der Waals surface area contributed by atoms with Gasteiger partial charge in [-0.1, -0.05) is 104 Å². The van der Waals surface area contributed by atoms with Crippen molar-refractivity contribution < 1.29 is 34.2 Å². The lowest BCUT2D eigenvalue weighted by Gasteiger charge is -2.44. The molecule has 0 heterocycles. The Kier molecular flexibility index (Phi) is 22.7. The van der Waals surface area contributed by atoms with Crippen molar-refractivity contribution in [1.82, 2.24) is 0 Å². The number of carboxylic acid groups (broad SMARTS) is 3. The summed E-state index contributed by atoms with van der Waals surface area (Å²) in [6.45, 7) is 8.90. The van der Waals surface area contributed by atoms with E-state index in [0.717, 1.165) is 19.3 Å². The molecule has 40 heavy (non-hydrogen) atoms. The number of quaternary nitrogens is 1. The van der Waals surface area contributed by atoms with Gasteiger partial charge in [-0.2, -0.15) is 0 Å². The van der Waals surface area contributed by atoms with E-state index in [1.807, 2.05) is 13.8 Å². The van der Waals surface area contributed by atoms with Gasteiger partial charge >= 0.3 is 11.9 Å². The second-order valence-electron chi connectivity index (χ2n) is 11.9. The van der Waals surface area contributed by atoms with Crippen LogP contribution in [0.3, 0.4) is 0 Å². The number of allylic oxidation sites excluding steroid dienone is 2. The van der Waals surface area contributed by atoms with Gasteiger partial charge in [0.15, 0.2) is 0 Å². The third kappa shape index (κ3) is 17.7. The van der Waals surface area contributed by atoms with Gasteiger partial charge in [-0.05, 0) is 38.5 Å². The summed E-state index contributed by atoms with van der Waals surface area (Å²) >= 11 is 0. The molecule has 2 N–H and O–H groups in total. The minimum atomic E-state index is -1.15. The van der Waals surface area contributed by atoms with Gasteiger partial charge in [-0.25, -0.2) is 0 Å². The molecule has 0 saturated carbocycles. The molecule has 0 aliphatic heterocycles. The number of rotatable bonds is 28. The molecule has 3 unspecified atom stereocenters. The molecular formula is C33H61NO6. The highest BCUT2D eigenvalue weighted by Gasteiger charge is 2.39. The van der Waals surface area contributed by atoms with E-state index < -0.39 is 35.7 Å². The molecule has 0 radical (unpaired) electrons. The Bertz CT molecular complexity index is 647. The van der Waals surface area contributed by atoms with Crippen LogP contribution >= 0.6 is 0 Å². The quantitative estimate of drug-likeness (QED) is 0.0608. The minimum absolute atomic E-state index is 0.189. The first-order chi connectivity index (χ1) is 19.2. The Morgan fingerprint density at radius 3 is 1.35 bits per heavy atom. The van der Waals surface area contributed by atoms with E-state index in [1.54, 1.807) is 6.92 Å². The summed E-state index contributed by atoms with van der Waals surface area (Å²) in [6.07, 6.45) is 22.8. The standard InChI is InChI=1S/C33H61NO6/c1-5-9-10-11-12-13-14-15-16-17-18-19-20-21-22-23-24-34(25-28(6-2)31(35)36,26-29(7-3)32(37)38)27-30(8-4)33(39)40/h20-21,28-30H,5-19,22-27H2,1-4H3,(H2-,35,36,37,38,39,40)/b21-20+. The van der Waals surface area contributed by atoms with Crippen molar-refractivity contribution in [2.75, 3.05) is 26.2 Å². The fourth-order valence-electron chi connectivity index (χ4n) is 5.74. The van der Waals surface area contributed by atoms with E-state index in [2.05, 4.69) is 19.1 Å². The van der Waals surface area contributed by atoms with Gasteiger partial charge in [0, 0.05) is 12.3 Å². The smallest absolute Gasteiger partial charge is 0.312 e. The van der Waals surface area contributed by atoms with Crippen molar-refractivity contribution >= 4 is 17.9 Å². The Balaban J connectivity index is 4.94. The van der Waals surface area contributed by atoms with Crippen molar-refractivity contribution in [3.05, 3.63) is 12.2 Å². The van der Waals surface area contributed by atoms with Crippen LogP contribution in [0.15, 0.2) is 12.2 Å². The molecule has 234 valence electrons. The summed E-state index contributed by atoms with van der Waals surface area (Å²) in [5.74, 6) is -5.02. The third-order valence-electron chi connectivity index (χ3n) is 8.48. The Labute approximate surface area is 245 Å². The lowest BCUT2D eigenvalue weighted by molar-refractivity contribution is -0.935. The maximum Gasteiger partial charge on any atom is 0.312 e. The topological polar surface area (TPSA) is 115 Å². The van der Waals surface area contributed by atoms with Crippen molar-refractivity contribution in [3.8, 4) is 0 Å².